The Balaban J connectivity index is 3.14. The number of nitrogens with zero attached hydrogens (tertiary/aromatic N) is 2. The van der Waals surface area contributed by atoms with E-state index in [-0.39, 0.29) is 19.0 Å². The van der Waals surface area contributed by atoms with Gasteiger partial charge in [0, 0.05) is 19.6 Å². The second kappa shape index (κ2) is 6.71. The molecule has 1 aromatic carbocycles. The van der Waals surface area contributed by atoms with Crippen molar-refractivity contribution in [1.29, 1.82) is 0 Å². The molecule has 112 valence electrons. The van der Waals surface area contributed by atoms with Crippen LogP contribution < -0.4 is 4.31 Å². The number of carboxylic acids is 1. The Morgan fingerprint density at radius 3 is 2.25 bits per heavy atom. The number of hydrogen-bond acceptors (Lipinski definition) is 3. The van der Waals surface area contributed by atoms with Crippen molar-refractivity contribution in [2.75, 3.05) is 17.9 Å². The molecule has 0 amide bonds. The lowest BCUT2D eigenvalue weighted by atomic mass is 10.3. The van der Waals surface area contributed by atoms with Gasteiger partial charge in [-0.25, -0.2) is 0 Å². The van der Waals surface area contributed by atoms with Crippen LogP contribution in [0.25, 0.3) is 0 Å². The Bertz CT molecular complexity index is 543. The maximum atomic E-state index is 12.5. The predicted molar refractivity (Wildman–Crippen MR) is 77.9 cm³/mol. The van der Waals surface area contributed by atoms with E-state index in [9.17, 15) is 13.2 Å². The summed E-state index contributed by atoms with van der Waals surface area (Å²) in [5, 5.41) is 8.79. The number of rotatable bonds is 7. The van der Waals surface area contributed by atoms with Gasteiger partial charge in [-0.3, -0.25) is 9.10 Å². The van der Waals surface area contributed by atoms with Crippen LogP contribution in [-0.2, 0) is 15.0 Å². The summed E-state index contributed by atoms with van der Waals surface area (Å²) >= 11 is 0. The standard InChI is InChI=1S/C13H20N2O4S/c1-11(2)14(3)20(18,19)15(10-9-13(16)17)12-7-5-4-6-8-12/h4-8,11H,9-10H2,1-3H3,(H,16,17). The SMILES string of the molecule is CC(C)N(C)S(=O)(=O)N(CCC(=O)O)c1ccccc1. The number of anilines is 1. The molecule has 0 radical (unpaired) electrons. The number of benzene rings is 1. The highest BCUT2D eigenvalue weighted by molar-refractivity contribution is 7.90. The van der Waals surface area contributed by atoms with E-state index < -0.39 is 16.2 Å². The van der Waals surface area contributed by atoms with Gasteiger partial charge in [-0.1, -0.05) is 18.2 Å². The molecule has 0 fully saturated rings. The summed E-state index contributed by atoms with van der Waals surface area (Å²) in [5.74, 6) is -1.03. The molecule has 0 heterocycles. The van der Waals surface area contributed by atoms with Crippen molar-refractivity contribution in [3.05, 3.63) is 30.3 Å². The number of carbonyl (C=O) groups is 1. The summed E-state index contributed by atoms with van der Waals surface area (Å²) in [5.41, 5.74) is 0.459. The molecular weight excluding hydrogens is 280 g/mol. The fraction of sp³-hybridized carbons (Fsp3) is 0.462. The first kappa shape index (κ1) is 16.5. The summed E-state index contributed by atoms with van der Waals surface area (Å²) in [7, 11) is -2.26. The third-order valence-electron chi connectivity index (χ3n) is 2.94. The minimum Gasteiger partial charge on any atom is -0.481 e. The lowest BCUT2D eigenvalue weighted by Crippen LogP contribution is -2.45. The maximum absolute atomic E-state index is 12.5. The fourth-order valence-electron chi connectivity index (χ4n) is 1.59. The van der Waals surface area contributed by atoms with Crippen LogP contribution >= 0.6 is 0 Å². The lowest BCUT2D eigenvalue weighted by molar-refractivity contribution is -0.136. The Labute approximate surface area is 119 Å². The van der Waals surface area contributed by atoms with Gasteiger partial charge in [0.15, 0.2) is 0 Å². The molecule has 0 atom stereocenters. The van der Waals surface area contributed by atoms with Crippen molar-refractivity contribution >= 4 is 21.9 Å². The van der Waals surface area contributed by atoms with E-state index in [0.29, 0.717) is 5.69 Å². The topological polar surface area (TPSA) is 77.9 Å². The number of carboxylic acid groups (broad SMARTS) is 1. The molecule has 20 heavy (non-hydrogen) atoms. The van der Waals surface area contributed by atoms with Gasteiger partial charge in [0.2, 0.25) is 0 Å². The third kappa shape index (κ3) is 3.94. The third-order valence-corrected chi connectivity index (χ3v) is 5.04. The Kier molecular flexibility index (Phi) is 5.52. The zero-order chi connectivity index (χ0) is 15.3. The van der Waals surface area contributed by atoms with E-state index in [1.807, 2.05) is 0 Å². The average Bonchev–Trinajstić information content (AvgIpc) is 2.38. The van der Waals surface area contributed by atoms with Crippen molar-refractivity contribution in [2.45, 2.75) is 26.3 Å². The van der Waals surface area contributed by atoms with E-state index in [1.54, 1.807) is 44.2 Å². The molecule has 1 rings (SSSR count). The smallest absolute Gasteiger partial charge is 0.305 e. The summed E-state index contributed by atoms with van der Waals surface area (Å²) in [6, 6.07) is 8.29. The molecule has 1 aromatic rings. The van der Waals surface area contributed by atoms with Crippen LogP contribution in [0.2, 0.25) is 0 Å². The molecule has 7 heteroatoms. The van der Waals surface area contributed by atoms with E-state index >= 15 is 0 Å². The summed E-state index contributed by atoms with van der Waals surface area (Å²) < 4.78 is 27.4. The second-order valence-corrected chi connectivity index (χ2v) is 6.58. The highest BCUT2D eigenvalue weighted by Gasteiger charge is 2.29. The molecule has 0 unspecified atom stereocenters. The predicted octanol–water partition coefficient (Wildman–Crippen LogP) is 1.55. The highest BCUT2D eigenvalue weighted by Crippen LogP contribution is 2.21. The molecule has 0 saturated heterocycles. The molecule has 0 saturated carbocycles. The van der Waals surface area contributed by atoms with Crippen LogP contribution in [0.3, 0.4) is 0 Å². The lowest BCUT2D eigenvalue weighted by Gasteiger charge is -2.30. The minimum atomic E-state index is -3.75. The molecule has 0 aromatic heterocycles. The van der Waals surface area contributed by atoms with Crippen LogP contribution in [0.4, 0.5) is 5.69 Å². The largest absolute Gasteiger partial charge is 0.481 e. The van der Waals surface area contributed by atoms with Crippen LogP contribution in [0.15, 0.2) is 30.3 Å². The van der Waals surface area contributed by atoms with Crippen LogP contribution in [0.5, 0.6) is 0 Å². The van der Waals surface area contributed by atoms with Crippen molar-refractivity contribution in [3.8, 4) is 0 Å². The van der Waals surface area contributed by atoms with E-state index in [2.05, 4.69) is 0 Å². The van der Waals surface area contributed by atoms with Gasteiger partial charge in [0.25, 0.3) is 0 Å². The summed E-state index contributed by atoms with van der Waals surface area (Å²) in [6.45, 7) is 3.43. The molecule has 6 nitrogen and oxygen atoms in total. The van der Waals surface area contributed by atoms with Gasteiger partial charge in [-0.2, -0.15) is 12.7 Å². The molecule has 1 N–H and O–H groups in total. The monoisotopic (exact) mass is 300 g/mol. The zero-order valence-electron chi connectivity index (χ0n) is 11.9. The number of aliphatic carboxylic acids is 1. The first-order chi connectivity index (χ1) is 9.26. The highest BCUT2D eigenvalue weighted by atomic mass is 32.2. The zero-order valence-corrected chi connectivity index (χ0v) is 12.7. The average molecular weight is 300 g/mol. The molecule has 0 aliphatic carbocycles. The van der Waals surface area contributed by atoms with Gasteiger partial charge >= 0.3 is 16.2 Å². The van der Waals surface area contributed by atoms with Crippen molar-refractivity contribution < 1.29 is 18.3 Å². The van der Waals surface area contributed by atoms with Crippen LogP contribution in [0.1, 0.15) is 20.3 Å². The van der Waals surface area contributed by atoms with E-state index in [1.165, 1.54) is 11.4 Å². The molecule has 0 aliphatic rings. The van der Waals surface area contributed by atoms with E-state index in [4.69, 9.17) is 5.11 Å². The number of para-hydroxylation sites is 1. The summed E-state index contributed by atoms with van der Waals surface area (Å²) in [4.78, 5) is 10.7. The fourth-order valence-corrected chi connectivity index (χ4v) is 3.14. The molecule has 0 spiro atoms. The minimum absolute atomic E-state index is 0.0985. The van der Waals surface area contributed by atoms with Gasteiger partial charge in [-0.15, -0.1) is 0 Å². The normalized spacial score (nSPS) is 11.8. The van der Waals surface area contributed by atoms with Gasteiger partial charge in [-0.05, 0) is 26.0 Å². The van der Waals surface area contributed by atoms with Crippen molar-refractivity contribution in [2.24, 2.45) is 0 Å². The maximum Gasteiger partial charge on any atom is 0.305 e. The first-order valence-electron chi connectivity index (χ1n) is 6.29. The first-order valence-corrected chi connectivity index (χ1v) is 7.69. The Morgan fingerprint density at radius 1 is 1.25 bits per heavy atom. The van der Waals surface area contributed by atoms with Gasteiger partial charge in [0.1, 0.15) is 0 Å². The van der Waals surface area contributed by atoms with Crippen LogP contribution in [-0.4, -0.2) is 43.4 Å². The Morgan fingerprint density at radius 2 is 1.80 bits per heavy atom. The van der Waals surface area contributed by atoms with E-state index in [0.717, 1.165) is 4.31 Å². The number of hydrogen-bond donors (Lipinski definition) is 1. The van der Waals surface area contributed by atoms with Crippen molar-refractivity contribution in [1.82, 2.24) is 4.31 Å². The summed E-state index contributed by atoms with van der Waals surface area (Å²) in [6.07, 6.45) is -0.250. The van der Waals surface area contributed by atoms with Gasteiger partial charge < -0.3 is 5.11 Å². The van der Waals surface area contributed by atoms with Gasteiger partial charge in [0.05, 0.1) is 12.1 Å². The molecule has 0 aliphatic heterocycles. The second-order valence-electron chi connectivity index (χ2n) is 4.67. The molecule has 0 bridgehead atoms. The molecular formula is C13H20N2O4S. The van der Waals surface area contributed by atoms with Crippen LogP contribution in [0, 0.1) is 0 Å². The Hall–Kier alpha value is -1.60. The quantitative estimate of drug-likeness (QED) is 0.829. The van der Waals surface area contributed by atoms with Crippen molar-refractivity contribution in [3.63, 3.8) is 0 Å².